The van der Waals surface area contributed by atoms with Crippen LogP contribution in [0.15, 0.2) is 18.2 Å². The third-order valence-electron chi connectivity index (χ3n) is 1.96. The minimum absolute atomic E-state index is 0.0355. The zero-order valence-corrected chi connectivity index (χ0v) is 6.92. The van der Waals surface area contributed by atoms with Crippen LogP contribution in [0, 0.1) is 5.82 Å². The Kier molecular flexibility index (Phi) is 1.98. The summed E-state index contributed by atoms with van der Waals surface area (Å²) in [5, 5.41) is 16.2. The van der Waals surface area contributed by atoms with E-state index < -0.39 is 0 Å². The molecule has 0 aliphatic carbocycles. The van der Waals surface area contributed by atoms with E-state index in [1.54, 1.807) is 6.07 Å². The number of aliphatic hydroxyl groups is 1. The predicted octanol–water partition coefficient (Wildman–Crippen LogP) is 1.24. The Bertz CT molecular complexity index is 424. The second-order valence-electron chi connectivity index (χ2n) is 2.84. The number of aliphatic hydroxyl groups excluding tert-OH is 1. The second-order valence-corrected chi connectivity index (χ2v) is 2.84. The molecule has 68 valence electrons. The summed E-state index contributed by atoms with van der Waals surface area (Å²) >= 11 is 0. The van der Waals surface area contributed by atoms with Crippen molar-refractivity contribution in [1.82, 2.24) is 10.2 Å². The van der Waals surface area contributed by atoms with Gasteiger partial charge in [0, 0.05) is 24.1 Å². The van der Waals surface area contributed by atoms with Crippen LogP contribution < -0.4 is 0 Å². The lowest BCUT2D eigenvalue weighted by Gasteiger charge is -1.93. The van der Waals surface area contributed by atoms with E-state index >= 15 is 0 Å². The van der Waals surface area contributed by atoms with Crippen molar-refractivity contribution in [2.24, 2.45) is 0 Å². The van der Waals surface area contributed by atoms with E-state index in [9.17, 15) is 4.39 Å². The van der Waals surface area contributed by atoms with Crippen molar-refractivity contribution in [2.75, 3.05) is 6.61 Å². The summed E-state index contributed by atoms with van der Waals surface area (Å²) in [4.78, 5) is 0. The molecule has 0 aliphatic heterocycles. The van der Waals surface area contributed by atoms with Crippen LogP contribution in [0.25, 0.3) is 10.9 Å². The van der Waals surface area contributed by atoms with Gasteiger partial charge in [-0.25, -0.2) is 4.39 Å². The summed E-state index contributed by atoms with van der Waals surface area (Å²) in [7, 11) is 0. The number of aromatic nitrogens is 2. The second kappa shape index (κ2) is 3.14. The van der Waals surface area contributed by atoms with Crippen molar-refractivity contribution < 1.29 is 9.50 Å². The van der Waals surface area contributed by atoms with Crippen LogP contribution in [0.4, 0.5) is 4.39 Å². The number of nitrogens with one attached hydrogen (secondary N) is 1. The number of rotatable bonds is 2. The van der Waals surface area contributed by atoms with Gasteiger partial charge in [0.25, 0.3) is 0 Å². The molecule has 0 saturated carbocycles. The van der Waals surface area contributed by atoms with Crippen LogP contribution in [0.1, 0.15) is 5.69 Å². The van der Waals surface area contributed by atoms with Crippen LogP contribution in [0.2, 0.25) is 0 Å². The molecule has 13 heavy (non-hydrogen) atoms. The summed E-state index contributed by atoms with van der Waals surface area (Å²) in [5.41, 5.74) is 1.50. The maximum atomic E-state index is 12.8. The van der Waals surface area contributed by atoms with Crippen molar-refractivity contribution in [2.45, 2.75) is 6.42 Å². The van der Waals surface area contributed by atoms with Crippen LogP contribution in [0.3, 0.4) is 0 Å². The summed E-state index contributed by atoms with van der Waals surface area (Å²) in [6, 6.07) is 4.40. The van der Waals surface area contributed by atoms with E-state index in [1.807, 2.05) is 0 Å². The SMILES string of the molecule is OCCc1[nH]nc2ccc(F)cc12. The van der Waals surface area contributed by atoms with Gasteiger partial charge in [0.1, 0.15) is 5.82 Å². The molecule has 1 aromatic heterocycles. The molecule has 1 aromatic carbocycles. The Balaban J connectivity index is 2.58. The molecule has 0 radical (unpaired) electrons. The number of hydrogen-bond donors (Lipinski definition) is 2. The van der Waals surface area contributed by atoms with Crippen LogP contribution in [0.5, 0.6) is 0 Å². The fourth-order valence-corrected chi connectivity index (χ4v) is 1.34. The molecule has 0 spiro atoms. The minimum atomic E-state index is -0.284. The normalized spacial score (nSPS) is 10.9. The lowest BCUT2D eigenvalue weighted by Crippen LogP contribution is -1.91. The van der Waals surface area contributed by atoms with Gasteiger partial charge in [0.05, 0.1) is 5.52 Å². The van der Waals surface area contributed by atoms with E-state index in [2.05, 4.69) is 10.2 Å². The van der Waals surface area contributed by atoms with Gasteiger partial charge in [-0.2, -0.15) is 5.10 Å². The monoisotopic (exact) mass is 180 g/mol. The van der Waals surface area contributed by atoms with Gasteiger partial charge >= 0.3 is 0 Å². The first-order chi connectivity index (χ1) is 6.31. The molecular formula is C9H9FN2O. The van der Waals surface area contributed by atoms with Crippen LogP contribution in [-0.2, 0) is 6.42 Å². The summed E-state index contributed by atoms with van der Waals surface area (Å²) in [6.07, 6.45) is 0.472. The van der Waals surface area contributed by atoms with E-state index in [-0.39, 0.29) is 12.4 Å². The molecule has 0 bridgehead atoms. The first-order valence-electron chi connectivity index (χ1n) is 4.04. The molecule has 0 aliphatic rings. The average Bonchev–Trinajstić information content (AvgIpc) is 2.49. The molecule has 0 atom stereocenters. The molecule has 0 fully saturated rings. The third-order valence-corrected chi connectivity index (χ3v) is 1.96. The molecule has 2 rings (SSSR count). The Morgan fingerprint density at radius 3 is 3.08 bits per heavy atom. The molecule has 1 heterocycles. The highest BCUT2D eigenvalue weighted by molar-refractivity contribution is 5.81. The lowest BCUT2D eigenvalue weighted by molar-refractivity contribution is 0.298. The number of H-pyrrole nitrogens is 1. The topological polar surface area (TPSA) is 48.9 Å². The van der Waals surface area contributed by atoms with Crippen molar-refractivity contribution in [3.8, 4) is 0 Å². The van der Waals surface area contributed by atoms with Gasteiger partial charge < -0.3 is 5.11 Å². The molecule has 0 unspecified atom stereocenters. The van der Waals surface area contributed by atoms with Crippen molar-refractivity contribution in [3.05, 3.63) is 29.7 Å². The average molecular weight is 180 g/mol. The summed E-state index contributed by atoms with van der Waals surface area (Å²) in [6.45, 7) is 0.0355. The molecule has 0 amide bonds. The first kappa shape index (κ1) is 8.19. The standard InChI is InChI=1S/C9H9FN2O/c10-6-1-2-8-7(5-6)9(3-4-13)12-11-8/h1-2,5,13H,3-4H2,(H,11,12). The largest absolute Gasteiger partial charge is 0.396 e. The smallest absolute Gasteiger partial charge is 0.124 e. The fourth-order valence-electron chi connectivity index (χ4n) is 1.34. The van der Waals surface area contributed by atoms with Crippen molar-refractivity contribution >= 4 is 10.9 Å². The van der Waals surface area contributed by atoms with E-state index in [0.29, 0.717) is 6.42 Å². The molecule has 3 nitrogen and oxygen atoms in total. The molecule has 2 aromatic rings. The third kappa shape index (κ3) is 1.40. The quantitative estimate of drug-likeness (QED) is 0.730. The Morgan fingerprint density at radius 2 is 2.31 bits per heavy atom. The zero-order chi connectivity index (χ0) is 9.26. The van der Waals surface area contributed by atoms with E-state index in [0.717, 1.165) is 16.6 Å². The fraction of sp³-hybridized carbons (Fsp3) is 0.222. The molecular weight excluding hydrogens is 171 g/mol. The summed E-state index contributed by atoms with van der Waals surface area (Å²) < 4.78 is 12.8. The maximum absolute atomic E-state index is 12.8. The van der Waals surface area contributed by atoms with Crippen molar-refractivity contribution in [3.63, 3.8) is 0 Å². The molecule has 2 N–H and O–H groups in total. The summed E-state index contributed by atoms with van der Waals surface area (Å²) in [5.74, 6) is -0.284. The number of benzene rings is 1. The lowest BCUT2D eigenvalue weighted by atomic mass is 10.2. The van der Waals surface area contributed by atoms with E-state index in [4.69, 9.17) is 5.11 Å². The number of hydrogen-bond acceptors (Lipinski definition) is 2. The minimum Gasteiger partial charge on any atom is -0.396 e. The molecule has 0 saturated heterocycles. The highest BCUT2D eigenvalue weighted by atomic mass is 19.1. The molecule has 4 heteroatoms. The van der Waals surface area contributed by atoms with Gasteiger partial charge in [-0.05, 0) is 18.2 Å². The number of halogens is 1. The predicted molar refractivity (Wildman–Crippen MR) is 46.8 cm³/mol. The van der Waals surface area contributed by atoms with Gasteiger partial charge in [-0.1, -0.05) is 0 Å². The van der Waals surface area contributed by atoms with Crippen LogP contribution >= 0.6 is 0 Å². The van der Waals surface area contributed by atoms with Crippen molar-refractivity contribution in [1.29, 1.82) is 0 Å². The highest BCUT2D eigenvalue weighted by Crippen LogP contribution is 2.17. The van der Waals surface area contributed by atoms with Gasteiger partial charge in [0.2, 0.25) is 0 Å². The Hall–Kier alpha value is -1.42. The number of aromatic amines is 1. The van der Waals surface area contributed by atoms with Gasteiger partial charge in [-0.3, -0.25) is 5.10 Å². The first-order valence-corrected chi connectivity index (χ1v) is 4.04. The van der Waals surface area contributed by atoms with E-state index in [1.165, 1.54) is 12.1 Å². The highest BCUT2D eigenvalue weighted by Gasteiger charge is 2.04. The maximum Gasteiger partial charge on any atom is 0.124 e. The number of nitrogens with zero attached hydrogens (tertiary/aromatic N) is 1. The zero-order valence-electron chi connectivity index (χ0n) is 6.92. The van der Waals surface area contributed by atoms with Crippen LogP contribution in [-0.4, -0.2) is 21.9 Å². The van der Waals surface area contributed by atoms with Gasteiger partial charge in [-0.15, -0.1) is 0 Å². The number of fused-ring (bicyclic) bond motifs is 1. The Labute approximate surface area is 74.2 Å². The van der Waals surface area contributed by atoms with Gasteiger partial charge in [0.15, 0.2) is 0 Å². The Morgan fingerprint density at radius 1 is 1.46 bits per heavy atom.